The number of amides is 2. The molecule has 6 heteroatoms. The van der Waals surface area contributed by atoms with Gasteiger partial charge in [0.05, 0.1) is 13.1 Å². The Bertz CT molecular complexity index is 583. The highest BCUT2D eigenvalue weighted by atomic mass is 16.2. The van der Waals surface area contributed by atoms with Gasteiger partial charge in [0.25, 0.3) is 0 Å². The number of rotatable bonds is 7. The van der Waals surface area contributed by atoms with Gasteiger partial charge in [-0.1, -0.05) is 19.1 Å². The van der Waals surface area contributed by atoms with Crippen molar-refractivity contribution in [2.24, 2.45) is 0 Å². The predicted molar refractivity (Wildman–Crippen MR) is 101 cm³/mol. The molecule has 0 spiro atoms. The van der Waals surface area contributed by atoms with Crippen LogP contribution in [-0.2, 0) is 9.59 Å². The van der Waals surface area contributed by atoms with Crippen LogP contribution in [0.5, 0.6) is 0 Å². The molecule has 0 bridgehead atoms. The van der Waals surface area contributed by atoms with Gasteiger partial charge in [0.1, 0.15) is 0 Å². The summed E-state index contributed by atoms with van der Waals surface area (Å²) in [7, 11) is 0. The summed E-state index contributed by atoms with van der Waals surface area (Å²) in [6.07, 6.45) is 0.940. The first kappa shape index (κ1) is 19.4. The van der Waals surface area contributed by atoms with Gasteiger partial charge in [0.2, 0.25) is 11.8 Å². The molecule has 1 fully saturated rings. The number of nitrogens with zero attached hydrogens (tertiary/aromatic N) is 2. The number of aryl methyl sites for hydroxylation is 1. The average molecular weight is 346 g/mol. The zero-order chi connectivity index (χ0) is 18.2. The lowest BCUT2D eigenvalue weighted by Gasteiger charge is -2.34. The van der Waals surface area contributed by atoms with Gasteiger partial charge in [-0.05, 0) is 38.0 Å². The molecule has 1 aromatic carbocycles. The highest BCUT2D eigenvalue weighted by Gasteiger charge is 2.21. The maximum atomic E-state index is 12.2. The summed E-state index contributed by atoms with van der Waals surface area (Å²) < 4.78 is 0. The van der Waals surface area contributed by atoms with Crippen molar-refractivity contribution in [3.05, 3.63) is 29.8 Å². The molecule has 1 saturated heterocycles. The molecule has 2 rings (SSSR count). The molecule has 0 saturated carbocycles. The molecule has 138 valence electrons. The number of anilines is 1. The van der Waals surface area contributed by atoms with E-state index < -0.39 is 0 Å². The normalized spacial score (nSPS) is 17.1. The van der Waals surface area contributed by atoms with E-state index in [1.54, 1.807) is 0 Å². The summed E-state index contributed by atoms with van der Waals surface area (Å²) in [5.74, 6) is 0.0913. The lowest BCUT2D eigenvalue weighted by atomic mass is 10.2. The van der Waals surface area contributed by atoms with Gasteiger partial charge in [-0.2, -0.15) is 0 Å². The van der Waals surface area contributed by atoms with Crippen molar-refractivity contribution >= 4 is 17.5 Å². The van der Waals surface area contributed by atoms with Crippen LogP contribution in [0, 0.1) is 6.92 Å². The number of benzene rings is 1. The second-order valence-electron chi connectivity index (χ2n) is 6.85. The molecule has 1 aliphatic rings. The van der Waals surface area contributed by atoms with Crippen molar-refractivity contribution < 1.29 is 9.59 Å². The van der Waals surface area contributed by atoms with Crippen LogP contribution >= 0.6 is 0 Å². The van der Waals surface area contributed by atoms with Crippen LogP contribution in [0.3, 0.4) is 0 Å². The Morgan fingerprint density at radius 2 is 1.68 bits per heavy atom. The van der Waals surface area contributed by atoms with Gasteiger partial charge in [-0.25, -0.2) is 0 Å². The van der Waals surface area contributed by atoms with E-state index in [9.17, 15) is 9.59 Å². The highest BCUT2D eigenvalue weighted by Crippen LogP contribution is 2.10. The quantitative estimate of drug-likeness (QED) is 0.785. The molecule has 1 aromatic rings. The summed E-state index contributed by atoms with van der Waals surface area (Å²) >= 11 is 0. The van der Waals surface area contributed by atoms with E-state index in [4.69, 9.17) is 0 Å². The van der Waals surface area contributed by atoms with Crippen LogP contribution in [0.2, 0.25) is 0 Å². The molecule has 1 atom stereocenters. The van der Waals surface area contributed by atoms with E-state index in [2.05, 4.69) is 27.4 Å². The third-order valence-electron chi connectivity index (χ3n) is 4.52. The fourth-order valence-electron chi connectivity index (χ4n) is 2.86. The second-order valence-corrected chi connectivity index (χ2v) is 6.85. The minimum Gasteiger partial charge on any atom is -0.353 e. The van der Waals surface area contributed by atoms with Crippen molar-refractivity contribution in [1.82, 2.24) is 15.1 Å². The van der Waals surface area contributed by atoms with E-state index in [1.165, 1.54) is 0 Å². The van der Waals surface area contributed by atoms with Crippen molar-refractivity contribution in [3.8, 4) is 0 Å². The van der Waals surface area contributed by atoms with E-state index in [1.807, 2.05) is 38.1 Å². The smallest absolute Gasteiger partial charge is 0.238 e. The Balaban J connectivity index is 1.69. The standard InChI is InChI=1S/C19H30N4O2/c1-4-16(3)20-18(24)13-22-8-10-23(11-9-22)14-19(25)21-17-7-5-6-15(2)12-17/h5-7,12,16H,4,8-11,13-14H2,1-3H3,(H,20,24)(H,21,25). The third-order valence-corrected chi connectivity index (χ3v) is 4.52. The molecule has 0 aromatic heterocycles. The van der Waals surface area contributed by atoms with E-state index in [0.29, 0.717) is 13.1 Å². The van der Waals surface area contributed by atoms with E-state index >= 15 is 0 Å². The number of carbonyl (C=O) groups is 2. The van der Waals surface area contributed by atoms with E-state index in [0.717, 1.165) is 43.9 Å². The van der Waals surface area contributed by atoms with E-state index in [-0.39, 0.29) is 17.9 Å². The number of nitrogens with one attached hydrogen (secondary N) is 2. The summed E-state index contributed by atoms with van der Waals surface area (Å²) in [5.41, 5.74) is 1.97. The van der Waals surface area contributed by atoms with Crippen LogP contribution in [0.1, 0.15) is 25.8 Å². The van der Waals surface area contributed by atoms with Crippen LogP contribution in [0.4, 0.5) is 5.69 Å². The van der Waals surface area contributed by atoms with Crippen molar-refractivity contribution in [1.29, 1.82) is 0 Å². The summed E-state index contributed by atoms with van der Waals surface area (Å²) in [6, 6.07) is 8.03. The zero-order valence-electron chi connectivity index (χ0n) is 15.5. The fraction of sp³-hybridized carbons (Fsp3) is 0.579. The monoisotopic (exact) mass is 346 g/mol. The summed E-state index contributed by atoms with van der Waals surface area (Å²) in [5, 5.41) is 5.94. The van der Waals surface area contributed by atoms with Gasteiger partial charge in [0, 0.05) is 37.9 Å². The largest absolute Gasteiger partial charge is 0.353 e. The SMILES string of the molecule is CCC(C)NC(=O)CN1CCN(CC(=O)Nc2cccc(C)c2)CC1. The molecule has 0 aliphatic carbocycles. The predicted octanol–water partition coefficient (Wildman–Crippen LogP) is 1.47. The first-order valence-electron chi connectivity index (χ1n) is 9.07. The van der Waals surface area contributed by atoms with Crippen LogP contribution in [0.15, 0.2) is 24.3 Å². The lowest BCUT2D eigenvalue weighted by Crippen LogP contribution is -2.51. The fourth-order valence-corrected chi connectivity index (χ4v) is 2.86. The summed E-state index contributed by atoms with van der Waals surface area (Å²) in [6.45, 7) is 10.1. The van der Waals surface area contributed by atoms with Gasteiger partial charge < -0.3 is 10.6 Å². The summed E-state index contributed by atoms with van der Waals surface area (Å²) in [4.78, 5) is 28.4. The molecule has 1 aliphatic heterocycles. The maximum absolute atomic E-state index is 12.2. The van der Waals surface area contributed by atoms with Gasteiger partial charge in [0.15, 0.2) is 0 Å². The van der Waals surface area contributed by atoms with Crippen LogP contribution in [0.25, 0.3) is 0 Å². The molecule has 1 unspecified atom stereocenters. The van der Waals surface area contributed by atoms with Gasteiger partial charge in [-0.3, -0.25) is 19.4 Å². The molecule has 6 nitrogen and oxygen atoms in total. The number of hydrogen-bond acceptors (Lipinski definition) is 4. The first-order chi connectivity index (χ1) is 12.0. The molecule has 1 heterocycles. The molecule has 2 N–H and O–H groups in total. The highest BCUT2D eigenvalue weighted by molar-refractivity contribution is 5.92. The topological polar surface area (TPSA) is 64.7 Å². The Hall–Kier alpha value is -1.92. The molecular formula is C19H30N4O2. The minimum atomic E-state index is 0.00793. The average Bonchev–Trinajstić information content (AvgIpc) is 2.56. The second kappa shape index (κ2) is 9.53. The zero-order valence-corrected chi connectivity index (χ0v) is 15.5. The molecule has 0 radical (unpaired) electrons. The maximum Gasteiger partial charge on any atom is 0.238 e. The lowest BCUT2D eigenvalue weighted by molar-refractivity contribution is -0.124. The first-order valence-corrected chi connectivity index (χ1v) is 9.07. The Labute approximate surface area is 150 Å². The Morgan fingerprint density at radius 3 is 2.24 bits per heavy atom. The molecule has 25 heavy (non-hydrogen) atoms. The van der Waals surface area contributed by atoms with Crippen molar-refractivity contribution in [2.75, 3.05) is 44.6 Å². The van der Waals surface area contributed by atoms with Crippen molar-refractivity contribution in [2.45, 2.75) is 33.2 Å². The third kappa shape index (κ3) is 6.84. The Morgan fingerprint density at radius 1 is 1.08 bits per heavy atom. The Kier molecular flexibility index (Phi) is 7.40. The number of hydrogen-bond donors (Lipinski definition) is 2. The van der Waals surface area contributed by atoms with Gasteiger partial charge in [-0.15, -0.1) is 0 Å². The minimum absolute atomic E-state index is 0.00793. The van der Waals surface area contributed by atoms with Crippen LogP contribution < -0.4 is 10.6 Å². The van der Waals surface area contributed by atoms with Crippen LogP contribution in [-0.4, -0.2) is 66.9 Å². The number of carbonyl (C=O) groups excluding carboxylic acids is 2. The van der Waals surface area contributed by atoms with Gasteiger partial charge >= 0.3 is 0 Å². The molecular weight excluding hydrogens is 316 g/mol. The molecule has 2 amide bonds. The van der Waals surface area contributed by atoms with Crippen molar-refractivity contribution in [3.63, 3.8) is 0 Å². The number of piperazine rings is 1.